The fraction of sp³-hybridized carbons (Fsp3) is 0.370. The van der Waals surface area contributed by atoms with Crippen molar-refractivity contribution in [1.29, 1.82) is 0 Å². The maximum absolute atomic E-state index is 13.0. The lowest BCUT2D eigenvalue weighted by atomic mass is 9.83. The summed E-state index contributed by atoms with van der Waals surface area (Å²) < 4.78 is 5.92. The summed E-state index contributed by atoms with van der Waals surface area (Å²) in [4.78, 5) is 31.6. The molecular weight excluding hydrogens is 414 g/mol. The van der Waals surface area contributed by atoms with Crippen molar-refractivity contribution in [3.05, 3.63) is 78.6 Å². The van der Waals surface area contributed by atoms with E-state index in [0.717, 1.165) is 17.7 Å². The molecule has 1 atom stereocenters. The number of benzene rings is 1. The SMILES string of the molecule is C=CC=C(C=C)C1N(c2ccc(C(=O)N/C(=C/CC)C(C)=NC)cc2)C(=O)OC1(CC)CC. The van der Waals surface area contributed by atoms with Crippen molar-refractivity contribution in [1.82, 2.24) is 5.32 Å². The number of ether oxygens (including phenoxy) is 1. The zero-order valence-electron chi connectivity index (χ0n) is 20.4. The van der Waals surface area contributed by atoms with Crippen LogP contribution in [0.1, 0.15) is 57.3 Å². The summed E-state index contributed by atoms with van der Waals surface area (Å²) in [5, 5.41) is 2.92. The highest BCUT2D eigenvalue weighted by Gasteiger charge is 2.53. The van der Waals surface area contributed by atoms with E-state index in [9.17, 15) is 9.59 Å². The lowest BCUT2D eigenvalue weighted by Gasteiger charge is -2.34. The molecule has 1 heterocycles. The summed E-state index contributed by atoms with van der Waals surface area (Å²) in [6.45, 7) is 15.6. The van der Waals surface area contributed by atoms with Gasteiger partial charge in [0.05, 0.1) is 11.4 Å². The van der Waals surface area contributed by atoms with Crippen LogP contribution in [0.25, 0.3) is 0 Å². The molecule has 0 aliphatic carbocycles. The summed E-state index contributed by atoms with van der Waals surface area (Å²) in [6.07, 6.45) is 8.88. The van der Waals surface area contributed by atoms with Gasteiger partial charge in [-0.15, -0.1) is 0 Å². The Morgan fingerprint density at radius 2 is 1.85 bits per heavy atom. The molecule has 1 aliphatic heterocycles. The maximum Gasteiger partial charge on any atom is 0.415 e. The summed E-state index contributed by atoms with van der Waals surface area (Å²) >= 11 is 0. The lowest BCUT2D eigenvalue weighted by Crippen LogP contribution is -2.46. The van der Waals surface area contributed by atoms with Crippen LogP contribution in [0.4, 0.5) is 10.5 Å². The number of aliphatic imine (C=N–C) groups is 1. The summed E-state index contributed by atoms with van der Waals surface area (Å²) in [7, 11) is 1.69. The highest BCUT2D eigenvalue weighted by molar-refractivity contribution is 6.05. The molecule has 0 saturated carbocycles. The molecule has 0 aromatic heterocycles. The molecule has 1 fully saturated rings. The van der Waals surface area contributed by atoms with Gasteiger partial charge >= 0.3 is 6.09 Å². The van der Waals surface area contributed by atoms with Gasteiger partial charge in [-0.2, -0.15) is 0 Å². The monoisotopic (exact) mass is 449 g/mol. The van der Waals surface area contributed by atoms with E-state index in [1.807, 2.05) is 39.8 Å². The third kappa shape index (κ3) is 5.33. The fourth-order valence-electron chi connectivity index (χ4n) is 4.10. The molecule has 33 heavy (non-hydrogen) atoms. The van der Waals surface area contributed by atoms with Gasteiger partial charge < -0.3 is 10.1 Å². The molecule has 1 saturated heterocycles. The molecule has 176 valence electrons. The molecule has 1 aliphatic rings. The number of amides is 2. The first-order valence-electron chi connectivity index (χ1n) is 11.3. The van der Waals surface area contributed by atoms with Gasteiger partial charge in [-0.05, 0) is 56.0 Å². The number of cyclic esters (lactones) is 1. The number of allylic oxidation sites excluding steroid dienone is 4. The molecule has 2 rings (SSSR count). The molecule has 0 spiro atoms. The van der Waals surface area contributed by atoms with Crippen LogP contribution in [0.2, 0.25) is 0 Å². The van der Waals surface area contributed by atoms with Gasteiger partial charge in [0.2, 0.25) is 0 Å². The second-order valence-corrected chi connectivity index (χ2v) is 7.85. The molecule has 1 aromatic rings. The number of rotatable bonds is 10. The zero-order valence-corrected chi connectivity index (χ0v) is 20.4. The molecule has 6 nitrogen and oxygen atoms in total. The minimum absolute atomic E-state index is 0.236. The highest BCUT2D eigenvalue weighted by Crippen LogP contribution is 2.42. The van der Waals surface area contributed by atoms with E-state index in [1.54, 1.807) is 48.4 Å². The quantitative estimate of drug-likeness (QED) is 0.353. The Labute approximate surface area is 197 Å². The second kappa shape index (κ2) is 11.5. The van der Waals surface area contributed by atoms with Gasteiger partial charge in [0.25, 0.3) is 5.91 Å². The number of nitrogens with one attached hydrogen (secondary N) is 1. The number of carbonyl (C=O) groups is 2. The number of nitrogens with zero attached hydrogens (tertiary/aromatic N) is 2. The van der Waals surface area contributed by atoms with Crippen LogP contribution in [0.5, 0.6) is 0 Å². The van der Waals surface area contributed by atoms with E-state index in [0.29, 0.717) is 29.8 Å². The van der Waals surface area contributed by atoms with Gasteiger partial charge in [0.15, 0.2) is 0 Å². The van der Waals surface area contributed by atoms with Crippen molar-refractivity contribution in [2.45, 2.75) is 58.6 Å². The first-order chi connectivity index (χ1) is 15.8. The second-order valence-electron chi connectivity index (χ2n) is 7.85. The Kier molecular flexibility index (Phi) is 8.97. The van der Waals surface area contributed by atoms with E-state index in [4.69, 9.17) is 4.74 Å². The molecule has 1 N–H and O–H groups in total. The number of hydrogen-bond donors (Lipinski definition) is 1. The Morgan fingerprint density at radius 3 is 2.33 bits per heavy atom. The van der Waals surface area contributed by atoms with Gasteiger partial charge in [-0.1, -0.05) is 58.2 Å². The Bertz CT molecular complexity index is 982. The summed E-state index contributed by atoms with van der Waals surface area (Å²) in [5.41, 5.74) is 2.76. The first-order valence-corrected chi connectivity index (χ1v) is 11.3. The zero-order chi connectivity index (χ0) is 24.6. The van der Waals surface area contributed by atoms with Crippen LogP contribution >= 0.6 is 0 Å². The minimum atomic E-state index is -0.674. The third-order valence-corrected chi connectivity index (χ3v) is 6.09. The standard InChI is InChI=1S/C27H35N3O3/c1-8-13-20(10-3)24-27(11-4,12-5)33-26(32)30(24)22-17-15-21(16-18-22)25(31)29-23(14-9-2)19(6)28-7/h8,10,13-18,24H,1,3,9,11-12H2,2,4-7H3,(H,29,31)/b20-13?,23-14+,28-19?. The molecule has 2 amide bonds. The average molecular weight is 450 g/mol. The Hall–Kier alpha value is -3.41. The van der Waals surface area contributed by atoms with Crippen LogP contribution < -0.4 is 10.2 Å². The van der Waals surface area contributed by atoms with Crippen molar-refractivity contribution in [3.63, 3.8) is 0 Å². The van der Waals surface area contributed by atoms with E-state index < -0.39 is 11.7 Å². The summed E-state index contributed by atoms with van der Waals surface area (Å²) in [5.74, 6) is -0.236. The third-order valence-electron chi connectivity index (χ3n) is 6.09. The predicted octanol–water partition coefficient (Wildman–Crippen LogP) is 5.98. The largest absolute Gasteiger partial charge is 0.440 e. The Morgan fingerprint density at radius 1 is 1.21 bits per heavy atom. The molecule has 1 unspecified atom stereocenters. The molecule has 0 bridgehead atoms. The van der Waals surface area contributed by atoms with Crippen molar-refractivity contribution in [2.75, 3.05) is 11.9 Å². The van der Waals surface area contributed by atoms with E-state index in [2.05, 4.69) is 23.5 Å². The van der Waals surface area contributed by atoms with Crippen molar-refractivity contribution in [3.8, 4) is 0 Å². The van der Waals surface area contributed by atoms with Crippen LogP contribution in [0.15, 0.2) is 78.0 Å². The van der Waals surface area contributed by atoms with Crippen LogP contribution in [-0.4, -0.2) is 36.4 Å². The number of carbonyl (C=O) groups excluding carboxylic acids is 2. The van der Waals surface area contributed by atoms with Crippen LogP contribution in [0.3, 0.4) is 0 Å². The number of anilines is 1. The molecule has 0 radical (unpaired) electrons. The van der Waals surface area contributed by atoms with Crippen molar-refractivity contribution < 1.29 is 14.3 Å². The van der Waals surface area contributed by atoms with Crippen molar-refractivity contribution >= 4 is 23.4 Å². The van der Waals surface area contributed by atoms with Crippen LogP contribution in [0, 0.1) is 0 Å². The normalized spacial score (nSPS) is 18.7. The average Bonchev–Trinajstić information content (AvgIpc) is 3.14. The lowest BCUT2D eigenvalue weighted by molar-refractivity contribution is 0.0367. The molecule has 1 aromatic carbocycles. The molecular formula is C27H35N3O3. The smallest absolute Gasteiger partial charge is 0.415 e. The van der Waals surface area contributed by atoms with Gasteiger partial charge in [0.1, 0.15) is 11.6 Å². The van der Waals surface area contributed by atoms with E-state index in [-0.39, 0.29) is 11.9 Å². The first kappa shape index (κ1) is 25.8. The van der Waals surface area contributed by atoms with E-state index >= 15 is 0 Å². The highest BCUT2D eigenvalue weighted by atomic mass is 16.6. The maximum atomic E-state index is 13.0. The predicted molar refractivity (Wildman–Crippen MR) is 136 cm³/mol. The van der Waals surface area contributed by atoms with E-state index in [1.165, 1.54) is 0 Å². The van der Waals surface area contributed by atoms with Gasteiger partial charge in [-0.25, -0.2) is 4.79 Å². The summed E-state index contributed by atoms with van der Waals surface area (Å²) in [6, 6.07) is 6.60. The topological polar surface area (TPSA) is 71.0 Å². The number of hydrogen-bond acceptors (Lipinski definition) is 4. The van der Waals surface area contributed by atoms with Gasteiger partial charge in [-0.3, -0.25) is 14.7 Å². The van der Waals surface area contributed by atoms with Crippen molar-refractivity contribution in [2.24, 2.45) is 4.99 Å². The molecule has 6 heteroatoms. The fourth-order valence-corrected chi connectivity index (χ4v) is 4.10. The van der Waals surface area contributed by atoms with Crippen LogP contribution in [-0.2, 0) is 4.74 Å². The van der Waals surface area contributed by atoms with Gasteiger partial charge in [0, 0.05) is 18.3 Å². The Balaban J connectivity index is 2.41. The minimum Gasteiger partial charge on any atom is -0.440 e.